The lowest BCUT2D eigenvalue weighted by molar-refractivity contribution is 0.0340. The van der Waals surface area contributed by atoms with E-state index in [-0.39, 0.29) is 11.9 Å². The standard InChI is InChI=1S/C13H16FN3O/c1-17(9-12-8-16-4-5-18-12)13-3-2-11(14)6-10(13)7-15/h2-3,6,12,16H,4-5,8-9H2,1H3. The summed E-state index contributed by atoms with van der Waals surface area (Å²) in [6.07, 6.45) is 0.0975. The van der Waals surface area contributed by atoms with Crippen LogP contribution in [0.4, 0.5) is 10.1 Å². The number of hydrogen-bond donors (Lipinski definition) is 1. The summed E-state index contributed by atoms with van der Waals surface area (Å²) in [5, 5.41) is 12.3. The van der Waals surface area contributed by atoms with Gasteiger partial charge in [-0.1, -0.05) is 0 Å². The first-order valence-corrected chi connectivity index (χ1v) is 5.94. The fourth-order valence-electron chi connectivity index (χ4n) is 2.07. The second-order valence-corrected chi connectivity index (χ2v) is 4.35. The van der Waals surface area contributed by atoms with Gasteiger partial charge in [0.25, 0.3) is 0 Å². The summed E-state index contributed by atoms with van der Waals surface area (Å²) >= 11 is 0. The summed E-state index contributed by atoms with van der Waals surface area (Å²) in [7, 11) is 1.88. The number of morpholine rings is 1. The van der Waals surface area contributed by atoms with Crippen molar-refractivity contribution in [3.05, 3.63) is 29.6 Å². The van der Waals surface area contributed by atoms with Crippen molar-refractivity contribution in [1.82, 2.24) is 5.32 Å². The van der Waals surface area contributed by atoms with Crippen LogP contribution in [0.15, 0.2) is 18.2 Å². The average Bonchev–Trinajstić information content (AvgIpc) is 2.39. The van der Waals surface area contributed by atoms with Gasteiger partial charge in [-0.25, -0.2) is 4.39 Å². The molecule has 0 aromatic heterocycles. The van der Waals surface area contributed by atoms with Gasteiger partial charge in [0.15, 0.2) is 0 Å². The first-order chi connectivity index (χ1) is 8.70. The van der Waals surface area contributed by atoms with Crippen LogP contribution in [0.25, 0.3) is 0 Å². The van der Waals surface area contributed by atoms with E-state index >= 15 is 0 Å². The van der Waals surface area contributed by atoms with Gasteiger partial charge >= 0.3 is 0 Å². The van der Waals surface area contributed by atoms with Gasteiger partial charge in [0.2, 0.25) is 0 Å². The van der Waals surface area contributed by atoms with E-state index in [9.17, 15) is 4.39 Å². The minimum atomic E-state index is -0.390. The van der Waals surface area contributed by atoms with E-state index in [2.05, 4.69) is 5.32 Å². The molecule has 2 rings (SSSR count). The van der Waals surface area contributed by atoms with Crippen molar-refractivity contribution in [2.24, 2.45) is 0 Å². The molecule has 0 spiro atoms. The van der Waals surface area contributed by atoms with Gasteiger partial charge in [-0.2, -0.15) is 5.26 Å². The number of likely N-dealkylation sites (N-methyl/N-ethyl adjacent to an activating group) is 1. The molecule has 1 aromatic rings. The van der Waals surface area contributed by atoms with E-state index in [1.54, 1.807) is 6.07 Å². The van der Waals surface area contributed by atoms with Gasteiger partial charge in [-0.15, -0.1) is 0 Å². The normalized spacial score (nSPS) is 19.3. The molecule has 1 heterocycles. The van der Waals surface area contributed by atoms with Gasteiger partial charge in [0.05, 0.1) is 24.0 Å². The highest BCUT2D eigenvalue weighted by molar-refractivity contribution is 5.59. The zero-order valence-electron chi connectivity index (χ0n) is 10.3. The number of nitrogens with one attached hydrogen (secondary N) is 1. The molecule has 5 heteroatoms. The van der Waals surface area contributed by atoms with Crippen LogP contribution >= 0.6 is 0 Å². The molecule has 0 bridgehead atoms. The molecule has 1 unspecified atom stereocenters. The quantitative estimate of drug-likeness (QED) is 0.872. The van der Waals surface area contributed by atoms with Crippen molar-refractivity contribution in [2.75, 3.05) is 38.2 Å². The zero-order chi connectivity index (χ0) is 13.0. The molecule has 0 radical (unpaired) electrons. The maximum atomic E-state index is 13.1. The maximum absolute atomic E-state index is 13.1. The Labute approximate surface area is 106 Å². The van der Waals surface area contributed by atoms with Crippen LogP contribution in [0, 0.1) is 17.1 Å². The van der Waals surface area contributed by atoms with Crippen LogP contribution in [0.2, 0.25) is 0 Å². The molecule has 1 atom stereocenters. The number of rotatable bonds is 3. The summed E-state index contributed by atoms with van der Waals surface area (Å²) in [6.45, 7) is 3.05. The second kappa shape index (κ2) is 5.80. The molecule has 4 nitrogen and oxygen atoms in total. The molecule has 1 aliphatic rings. The summed E-state index contributed by atoms with van der Waals surface area (Å²) < 4.78 is 18.7. The fourth-order valence-corrected chi connectivity index (χ4v) is 2.07. The van der Waals surface area contributed by atoms with Gasteiger partial charge in [-0.05, 0) is 18.2 Å². The lowest BCUT2D eigenvalue weighted by atomic mass is 10.1. The van der Waals surface area contributed by atoms with Crippen LogP contribution in [0.3, 0.4) is 0 Å². The van der Waals surface area contributed by atoms with Crippen molar-refractivity contribution in [1.29, 1.82) is 5.26 Å². The van der Waals surface area contributed by atoms with Gasteiger partial charge < -0.3 is 15.0 Å². The van der Waals surface area contributed by atoms with E-state index in [0.29, 0.717) is 18.7 Å². The highest BCUT2D eigenvalue weighted by atomic mass is 19.1. The van der Waals surface area contributed by atoms with E-state index in [0.717, 1.165) is 18.8 Å². The molecular formula is C13H16FN3O. The van der Waals surface area contributed by atoms with Crippen LogP contribution in [-0.2, 0) is 4.74 Å². The Kier molecular flexibility index (Phi) is 4.13. The van der Waals surface area contributed by atoms with E-state index < -0.39 is 0 Å². The third-order valence-electron chi connectivity index (χ3n) is 2.97. The van der Waals surface area contributed by atoms with Gasteiger partial charge in [0.1, 0.15) is 11.9 Å². The summed E-state index contributed by atoms with van der Waals surface area (Å²) in [6, 6.07) is 6.27. The summed E-state index contributed by atoms with van der Waals surface area (Å²) in [4.78, 5) is 1.93. The van der Waals surface area contributed by atoms with E-state index in [1.807, 2.05) is 18.0 Å². The van der Waals surface area contributed by atoms with Crippen molar-refractivity contribution in [2.45, 2.75) is 6.10 Å². The number of benzene rings is 1. The third kappa shape index (κ3) is 2.97. The summed E-state index contributed by atoms with van der Waals surface area (Å²) in [5.74, 6) is -0.390. The number of nitriles is 1. The van der Waals surface area contributed by atoms with Crippen LogP contribution < -0.4 is 10.2 Å². The summed E-state index contributed by atoms with van der Waals surface area (Å²) in [5.41, 5.74) is 1.08. The van der Waals surface area contributed by atoms with Crippen molar-refractivity contribution in [3.63, 3.8) is 0 Å². The van der Waals surface area contributed by atoms with Gasteiger partial charge in [-0.3, -0.25) is 0 Å². The second-order valence-electron chi connectivity index (χ2n) is 4.35. The molecule has 1 N–H and O–H groups in total. The Bertz CT molecular complexity index is 452. The fraction of sp³-hybridized carbons (Fsp3) is 0.462. The number of anilines is 1. The zero-order valence-corrected chi connectivity index (χ0v) is 10.3. The topological polar surface area (TPSA) is 48.3 Å². The highest BCUT2D eigenvalue weighted by Crippen LogP contribution is 2.20. The molecule has 0 amide bonds. The Morgan fingerprint density at radius 2 is 2.44 bits per heavy atom. The Morgan fingerprint density at radius 1 is 1.61 bits per heavy atom. The number of hydrogen-bond acceptors (Lipinski definition) is 4. The SMILES string of the molecule is CN(CC1CNCCO1)c1ccc(F)cc1C#N. The Balaban J connectivity index is 2.08. The molecule has 96 valence electrons. The molecular weight excluding hydrogens is 233 g/mol. The smallest absolute Gasteiger partial charge is 0.124 e. The predicted molar refractivity (Wildman–Crippen MR) is 67.0 cm³/mol. The Morgan fingerprint density at radius 3 is 3.11 bits per heavy atom. The van der Waals surface area contributed by atoms with Gasteiger partial charge in [0, 0.05) is 26.7 Å². The molecule has 1 aliphatic heterocycles. The lowest BCUT2D eigenvalue weighted by Gasteiger charge is -2.29. The molecule has 1 saturated heterocycles. The average molecular weight is 249 g/mol. The lowest BCUT2D eigenvalue weighted by Crippen LogP contribution is -2.44. The molecule has 1 fully saturated rings. The molecule has 0 saturated carbocycles. The molecule has 0 aliphatic carbocycles. The predicted octanol–water partition coefficient (Wildman–Crippen LogP) is 1.12. The monoisotopic (exact) mass is 249 g/mol. The number of halogens is 1. The number of ether oxygens (including phenoxy) is 1. The van der Waals surface area contributed by atoms with Crippen molar-refractivity contribution in [3.8, 4) is 6.07 Å². The molecule has 18 heavy (non-hydrogen) atoms. The minimum absolute atomic E-state index is 0.0975. The largest absolute Gasteiger partial charge is 0.374 e. The maximum Gasteiger partial charge on any atom is 0.124 e. The minimum Gasteiger partial charge on any atom is -0.374 e. The first-order valence-electron chi connectivity index (χ1n) is 5.94. The number of nitrogens with zero attached hydrogens (tertiary/aromatic N) is 2. The van der Waals surface area contributed by atoms with Crippen LogP contribution in [0.5, 0.6) is 0 Å². The van der Waals surface area contributed by atoms with E-state index in [1.165, 1.54) is 12.1 Å². The third-order valence-corrected chi connectivity index (χ3v) is 2.97. The van der Waals surface area contributed by atoms with E-state index in [4.69, 9.17) is 10.00 Å². The van der Waals surface area contributed by atoms with Crippen molar-refractivity contribution < 1.29 is 9.13 Å². The van der Waals surface area contributed by atoms with Crippen molar-refractivity contribution >= 4 is 5.69 Å². The van der Waals surface area contributed by atoms with Crippen LogP contribution in [-0.4, -0.2) is 39.4 Å². The highest BCUT2D eigenvalue weighted by Gasteiger charge is 2.17. The Hall–Kier alpha value is -1.64. The molecule has 1 aromatic carbocycles. The first kappa shape index (κ1) is 12.8. The van der Waals surface area contributed by atoms with Crippen LogP contribution in [0.1, 0.15) is 5.56 Å².